The summed E-state index contributed by atoms with van der Waals surface area (Å²) in [6.07, 6.45) is 5.84. The van der Waals surface area contributed by atoms with Crippen molar-refractivity contribution in [2.75, 3.05) is 13.1 Å². The topological polar surface area (TPSA) is 50.9 Å². The van der Waals surface area contributed by atoms with E-state index in [1.54, 1.807) is 11.3 Å². The van der Waals surface area contributed by atoms with Gasteiger partial charge in [-0.15, -0.1) is 11.3 Å². The maximum Gasteiger partial charge on any atom is 0.112 e. The number of rotatable bonds is 5. The van der Waals surface area contributed by atoms with Gasteiger partial charge in [-0.2, -0.15) is 0 Å². The van der Waals surface area contributed by atoms with E-state index in [9.17, 15) is 0 Å². The molecule has 0 spiro atoms. The zero-order valence-corrected chi connectivity index (χ0v) is 11.6. The second-order valence-electron chi connectivity index (χ2n) is 5.53. The standard InChI is InChI=1S/C13H23N3S/c1-13(2,12-15-6-7-17-12)16-9-11-5-3-4-10(11)8-14/h6-7,10-11,16H,3-5,8-9,14H2,1-2H3. The van der Waals surface area contributed by atoms with Crippen LogP contribution in [0.5, 0.6) is 0 Å². The van der Waals surface area contributed by atoms with Gasteiger partial charge in [0.05, 0.1) is 5.54 Å². The van der Waals surface area contributed by atoms with Crippen molar-refractivity contribution in [3.8, 4) is 0 Å². The van der Waals surface area contributed by atoms with Crippen LogP contribution < -0.4 is 11.1 Å². The Bertz CT molecular complexity index is 334. The molecule has 1 aliphatic carbocycles. The molecule has 1 aliphatic rings. The van der Waals surface area contributed by atoms with E-state index in [1.165, 1.54) is 24.3 Å². The molecule has 0 amide bonds. The molecule has 3 N–H and O–H groups in total. The van der Waals surface area contributed by atoms with Gasteiger partial charge in [0.2, 0.25) is 0 Å². The lowest BCUT2D eigenvalue weighted by molar-refractivity contribution is 0.311. The van der Waals surface area contributed by atoms with Crippen LogP contribution in [0.2, 0.25) is 0 Å². The Labute approximate surface area is 108 Å². The summed E-state index contributed by atoms with van der Waals surface area (Å²) < 4.78 is 0. The van der Waals surface area contributed by atoms with E-state index in [2.05, 4.69) is 24.1 Å². The SMILES string of the molecule is CC(C)(NCC1CCCC1CN)c1nccs1. The molecular formula is C13H23N3S. The highest BCUT2D eigenvalue weighted by Crippen LogP contribution is 2.31. The number of nitrogens with one attached hydrogen (secondary N) is 1. The maximum atomic E-state index is 5.82. The molecule has 0 aliphatic heterocycles. The van der Waals surface area contributed by atoms with Crippen LogP contribution in [0.4, 0.5) is 0 Å². The lowest BCUT2D eigenvalue weighted by Gasteiger charge is -2.27. The van der Waals surface area contributed by atoms with Crippen LogP contribution in [-0.2, 0) is 5.54 Å². The maximum absolute atomic E-state index is 5.82. The van der Waals surface area contributed by atoms with Crippen molar-refractivity contribution in [1.82, 2.24) is 10.3 Å². The first kappa shape index (κ1) is 13.0. The van der Waals surface area contributed by atoms with Crippen molar-refractivity contribution in [3.63, 3.8) is 0 Å². The van der Waals surface area contributed by atoms with Crippen LogP contribution in [0.15, 0.2) is 11.6 Å². The largest absolute Gasteiger partial charge is 0.330 e. The van der Waals surface area contributed by atoms with Crippen molar-refractivity contribution >= 4 is 11.3 Å². The van der Waals surface area contributed by atoms with E-state index in [-0.39, 0.29) is 5.54 Å². The average molecular weight is 253 g/mol. The van der Waals surface area contributed by atoms with E-state index in [4.69, 9.17) is 5.73 Å². The van der Waals surface area contributed by atoms with Gasteiger partial charge in [0.1, 0.15) is 5.01 Å². The minimum Gasteiger partial charge on any atom is -0.330 e. The highest BCUT2D eigenvalue weighted by Gasteiger charge is 2.29. The summed E-state index contributed by atoms with van der Waals surface area (Å²) in [4.78, 5) is 4.40. The number of nitrogens with zero attached hydrogens (tertiary/aromatic N) is 1. The second kappa shape index (κ2) is 5.46. The van der Waals surface area contributed by atoms with Crippen molar-refractivity contribution < 1.29 is 0 Å². The predicted octanol–water partition coefficient (Wildman–Crippen LogP) is 2.34. The predicted molar refractivity (Wildman–Crippen MR) is 73.0 cm³/mol. The number of hydrogen-bond acceptors (Lipinski definition) is 4. The molecule has 1 fully saturated rings. The molecule has 0 bridgehead atoms. The van der Waals surface area contributed by atoms with E-state index in [0.29, 0.717) is 0 Å². The van der Waals surface area contributed by atoms with Gasteiger partial charge < -0.3 is 11.1 Å². The molecule has 1 saturated carbocycles. The average Bonchev–Trinajstić information content (AvgIpc) is 2.97. The van der Waals surface area contributed by atoms with E-state index in [1.807, 2.05) is 11.6 Å². The molecular weight excluding hydrogens is 230 g/mol. The molecule has 3 nitrogen and oxygen atoms in total. The van der Waals surface area contributed by atoms with Gasteiger partial charge in [-0.3, -0.25) is 0 Å². The molecule has 2 rings (SSSR count). The second-order valence-corrected chi connectivity index (χ2v) is 6.42. The Morgan fingerprint density at radius 1 is 1.47 bits per heavy atom. The lowest BCUT2D eigenvalue weighted by atomic mass is 9.95. The van der Waals surface area contributed by atoms with Crippen molar-refractivity contribution in [3.05, 3.63) is 16.6 Å². The summed E-state index contributed by atoms with van der Waals surface area (Å²) in [6, 6.07) is 0. The minimum atomic E-state index is -0.0180. The van der Waals surface area contributed by atoms with Gasteiger partial charge in [0.15, 0.2) is 0 Å². The molecule has 0 radical (unpaired) electrons. The molecule has 4 heteroatoms. The Hall–Kier alpha value is -0.450. The van der Waals surface area contributed by atoms with Crippen LogP contribution in [0.1, 0.15) is 38.1 Å². The van der Waals surface area contributed by atoms with Gasteiger partial charge in [-0.05, 0) is 51.6 Å². The summed E-state index contributed by atoms with van der Waals surface area (Å²) in [5, 5.41) is 6.87. The molecule has 0 aromatic carbocycles. The minimum absolute atomic E-state index is 0.0180. The third kappa shape index (κ3) is 3.06. The number of aromatic nitrogens is 1. The van der Waals surface area contributed by atoms with Gasteiger partial charge in [0, 0.05) is 11.6 Å². The molecule has 2 atom stereocenters. The summed E-state index contributed by atoms with van der Waals surface area (Å²) in [5.41, 5.74) is 5.80. The van der Waals surface area contributed by atoms with Gasteiger partial charge in [-0.25, -0.2) is 4.98 Å². The summed E-state index contributed by atoms with van der Waals surface area (Å²) in [6.45, 7) is 6.31. The smallest absolute Gasteiger partial charge is 0.112 e. The van der Waals surface area contributed by atoms with Gasteiger partial charge in [-0.1, -0.05) is 6.42 Å². The van der Waals surface area contributed by atoms with Crippen LogP contribution >= 0.6 is 11.3 Å². The fourth-order valence-electron chi connectivity index (χ4n) is 2.69. The van der Waals surface area contributed by atoms with Crippen molar-refractivity contribution in [2.45, 2.75) is 38.6 Å². The zero-order chi connectivity index (χ0) is 12.3. The molecule has 96 valence electrons. The van der Waals surface area contributed by atoms with Gasteiger partial charge >= 0.3 is 0 Å². The highest BCUT2D eigenvalue weighted by atomic mass is 32.1. The molecule has 1 aromatic rings. The third-order valence-corrected chi connectivity index (χ3v) is 4.99. The first-order chi connectivity index (χ1) is 8.13. The van der Waals surface area contributed by atoms with Crippen molar-refractivity contribution in [2.24, 2.45) is 17.6 Å². The fourth-order valence-corrected chi connectivity index (χ4v) is 3.43. The fraction of sp³-hybridized carbons (Fsp3) is 0.769. The number of hydrogen-bond donors (Lipinski definition) is 2. The van der Waals surface area contributed by atoms with Gasteiger partial charge in [0.25, 0.3) is 0 Å². The molecule has 1 aromatic heterocycles. The van der Waals surface area contributed by atoms with Crippen LogP contribution in [-0.4, -0.2) is 18.1 Å². The first-order valence-corrected chi connectivity index (χ1v) is 7.36. The van der Waals surface area contributed by atoms with E-state index in [0.717, 1.165) is 24.9 Å². The third-order valence-electron chi connectivity index (χ3n) is 3.89. The van der Waals surface area contributed by atoms with Crippen LogP contribution in [0.25, 0.3) is 0 Å². The Kier molecular flexibility index (Phi) is 4.17. The summed E-state index contributed by atoms with van der Waals surface area (Å²) in [7, 11) is 0. The Balaban J connectivity index is 1.89. The molecule has 2 unspecified atom stereocenters. The zero-order valence-electron chi connectivity index (χ0n) is 10.8. The van der Waals surface area contributed by atoms with Crippen molar-refractivity contribution in [1.29, 1.82) is 0 Å². The summed E-state index contributed by atoms with van der Waals surface area (Å²) in [5.74, 6) is 1.47. The first-order valence-electron chi connectivity index (χ1n) is 6.48. The highest BCUT2D eigenvalue weighted by molar-refractivity contribution is 7.09. The van der Waals surface area contributed by atoms with Crippen LogP contribution in [0.3, 0.4) is 0 Å². The van der Waals surface area contributed by atoms with E-state index < -0.39 is 0 Å². The Morgan fingerprint density at radius 3 is 2.88 bits per heavy atom. The van der Waals surface area contributed by atoms with E-state index >= 15 is 0 Å². The quantitative estimate of drug-likeness (QED) is 0.847. The number of nitrogens with two attached hydrogens (primary N) is 1. The molecule has 0 saturated heterocycles. The Morgan fingerprint density at radius 2 is 2.24 bits per heavy atom. The monoisotopic (exact) mass is 253 g/mol. The summed E-state index contributed by atoms with van der Waals surface area (Å²) >= 11 is 1.72. The lowest BCUT2D eigenvalue weighted by Crippen LogP contribution is -2.40. The molecule has 17 heavy (non-hydrogen) atoms. The van der Waals surface area contributed by atoms with Crippen LogP contribution in [0, 0.1) is 11.8 Å². The number of thiazole rings is 1. The normalized spacial score (nSPS) is 25.4. The molecule has 1 heterocycles.